The Labute approximate surface area is 297 Å². The predicted octanol–water partition coefficient (Wildman–Crippen LogP) is 12.2. The predicted molar refractivity (Wildman–Crippen MR) is 205 cm³/mol. The Hall–Kier alpha value is -6.23. The highest BCUT2D eigenvalue weighted by Gasteiger charge is 2.17. The molecule has 0 atom stereocenters. The lowest BCUT2D eigenvalue weighted by atomic mass is 9.96. The van der Waals surface area contributed by atoms with Crippen LogP contribution >= 0.6 is 11.3 Å². The van der Waals surface area contributed by atoms with Crippen LogP contribution in [0.2, 0.25) is 0 Å². The molecule has 49 heavy (non-hydrogen) atoms. The molecule has 0 N–H and O–H groups in total. The van der Waals surface area contributed by atoms with Gasteiger partial charge in [0.25, 0.3) is 0 Å². The second kappa shape index (κ2) is 12.4. The van der Waals surface area contributed by atoms with Crippen molar-refractivity contribution in [2.75, 3.05) is 0 Å². The number of fused-ring (bicyclic) bond motifs is 3. The molecule has 0 saturated heterocycles. The van der Waals surface area contributed by atoms with E-state index in [1.807, 2.05) is 140 Å². The Bertz CT molecular complexity index is 2940. The molecule has 0 aliphatic carbocycles. The van der Waals surface area contributed by atoms with Gasteiger partial charge in [0.15, 0.2) is 17.5 Å². The minimum atomic E-state index is -0.248. The van der Waals surface area contributed by atoms with E-state index in [2.05, 4.69) is 0 Å². The van der Waals surface area contributed by atoms with Gasteiger partial charge in [0.1, 0.15) is 0 Å². The van der Waals surface area contributed by atoms with Crippen LogP contribution in [0.15, 0.2) is 176 Å². The van der Waals surface area contributed by atoms with Crippen LogP contribution in [0.4, 0.5) is 0 Å². The lowest BCUT2D eigenvalue weighted by Crippen LogP contribution is -2.01. The van der Waals surface area contributed by atoms with Crippen molar-refractivity contribution in [1.29, 1.82) is 0 Å². The van der Waals surface area contributed by atoms with Crippen molar-refractivity contribution in [2.45, 2.75) is 0 Å². The van der Waals surface area contributed by atoms with E-state index in [-0.39, 0.29) is 47.6 Å². The lowest BCUT2D eigenvalue weighted by Gasteiger charge is -2.12. The zero-order valence-corrected chi connectivity index (χ0v) is 26.8. The van der Waals surface area contributed by atoms with Gasteiger partial charge in [0.05, 0.1) is 8.22 Å². The van der Waals surface area contributed by atoms with E-state index >= 15 is 0 Å². The van der Waals surface area contributed by atoms with Gasteiger partial charge in [0, 0.05) is 36.9 Å². The molecule has 0 amide bonds. The molecule has 0 aliphatic rings. The standard InChI is InChI=1S/C45H29N3S/c1-4-14-30(15-5-1)33-20-12-21-34(28-33)37-24-13-25-40-42(37)39-27-26-35(29-41(39)49-40)44-46-43(32-18-8-3-9-19-32)47-45(48-44)38-23-11-10-22-36(38)31-16-6-2-7-17-31/h1-29H/i13D,24D,25D,26D,27D,29D. The molecule has 3 nitrogen and oxygen atoms in total. The molecule has 9 rings (SSSR count). The fraction of sp³-hybridized carbons (Fsp3) is 0. The summed E-state index contributed by atoms with van der Waals surface area (Å²) in [5.41, 5.74) is 6.36. The van der Waals surface area contributed by atoms with E-state index in [1.54, 1.807) is 0 Å². The fourth-order valence-corrected chi connectivity index (χ4v) is 7.15. The fourth-order valence-electron chi connectivity index (χ4n) is 6.13. The zero-order valence-electron chi connectivity index (χ0n) is 32.0. The molecule has 0 bridgehead atoms. The van der Waals surface area contributed by atoms with Gasteiger partial charge in [-0.05, 0) is 51.5 Å². The van der Waals surface area contributed by atoms with Crippen molar-refractivity contribution in [1.82, 2.24) is 15.0 Å². The average Bonchev–Trinajstić information content (AvgIpc) is 3.64. The normalized spacial score (nSPS) is 13.0. The van der Waals surface area contributed by atoms with Crippen LogP contribution in [0.1, 0.15) is 8.22 Å². The van der Waals surface area contributed by atoms with Crippen molar-refractivity contribution in [3.63, 3.8) is 0 Å². The molecule has 0 fully saturated rings. The first-order valence-corrected chi connectivity index (χ1v) is 16.7. The summed E-state index contributed by atoms with van der Waals surface area (Å²) in [5.74, 6) is 0.799. The summed E-state index contributed by atoms with van der Waals surface area (Å²) in [4.78, 5) is 14.7. The summed E-state index contributed by atoms with van der Waals surface area (Å²) in [6, 6.07) is 43.7. The molecule has 0 aliphatic heterocycles. The van der Waals surface area contributed by atoms with Gasteiger partial charge in [-0.15, -0.1) is 11.3 Å². The van der Waals surface area contributed by atoms with E-state index in [1.165, 1.54) is 0 Å². The highest BCUT2D eigenvalue weighted by molar-refractivity contribution is 7.26. The molecular formula is C45H29N3S. The number of hydrogen-bond acceptors (Lipinski definition) is 4. The van der Waals surface area contributed by atoms with Gasteiger partial charge in [-0.3, -0.25) is 0 Å². The van der Waals surface area contributed by atoms with Gasteiger partial charge in [0.2, 0.25) is 0 Å². The van der Waals surface area contributed by atoms with Crippen LogP contribution in [-0.4, -0.2) is 15.0 Å². The number of thiophene rings is 1. The highest BCUT2D eigenvalue weighted by Crippen LogP contribution is 2.42. The molecule has 7 aromatic carbocycles. The summed E-state index contributed by atoms with van der Waals surface area (Å²) in [7, 11) is 0. The molecular weight excluding hydrogens is 615 g/mol. The quantitative estimate of drug-likeness (QED) is 0.180. The second-order valence-electron chi connectivity index (χ2n) is 11.5. The molecule has 4 heteroatoms. The number of aromatic nitrogens is 3. The number of nitrogens with zero attached hydrogens (tertiary/aromatic N) is 3. The van der Waals surface area contributed by atoms with Gasteiger partial charge < -0.3 is 0 Å². The number of benzene rings is 7. The average molecular weight is 650 g/mol. The van der Waals surface area contributed by atoms with Crippen molar-refractivity contribution < 1.29 is 8.22 Å². The van der Waals surface area contributed by atoms with Crippen molar-refractivity contribution in [3.8, 4) is 67.5 Å². The summed E-state index contributed by atoms with van der Waals surface area (Å²) in [6.45, 7) is 0. The van der Waals surface area contributed by atoms with E-state index < -0.39 is 0 Å². The Morgan fingerprint density at radius 1 is 0.408 bits per heavy atom. The molecule has 2 aromatic heterocycles. The Kier molecular flexibility index (Phi) is 5.87. The van der Waals surface area contributed by atoms with Crippen LogP contribution in [-0.2, 0) is 0 Å². The first-order chi connectivity index (χ1) is 26.8. The van der Waals surface area contributed by atoms with Crippen molar-refractivity contribution >= 4 is 31.5 Å². The monoisotopic (exact) mass is 649 g/mol. The Morgan fingerprint density at radius 2 is 1.00 bits per heavy atom. The first-order valence-electron chi connectivity index (χ1n) is 18.9. The third kappa shape index (κ3) is 5.48. The van der Waals surface area contributed by atoms with Crippen LogP contribution < -0.4 is 0 Å². The summed E-state index contributed by atoms with van der Waals surface area (Å²) < 4.78 is 56.1. The molecule has 0 spiro atoms. The third-order valence-electron chi connectivity index (χ3n) is 8.47. The maximum atomic E-state index is 9.63. The van der Waals surface area contributed by atoms with Gasteiger partial charge in [-0.1, -0.05) is 158 Å². The number of rotatable bonds is 6. The molecule has 9 aromatic rings. The minimum Gasteiger partial charge on any atom is -0.208 e. The second-order valence-corrected chi connectivity index (χ2v) is 12.6. The van der Waals surface area contributed by atoms with Crippen LogP contribution in [0.25, 0.3) is 87.7 Å². The van der Waals surface area contributed by atoms with E-state index in [9.17, 15) is 4.11 Å². The molecule has 230 valence electrons. The Balaban J connectivity index is 1.31. The van der Waals surface area contributed by atoms with Crippen LogP contribution in [0.3, 0.4) is 0 Å². The molecule has 0 unspecified atom stereocenters. The SMILES string of the molecule is [2H]c1c([2H])c(-c2cccc(-c3ccccc3)c2)c2c(sc3c([2H])c(-c4nc(-c5ccccc5)nc(-c5ccccc5-c5ccccc5)n4)c([2H])c([2H])c32)c1[2H]. The highest BCUT2D eigenvalue weighted by atomic mass is 32.1. The summed E-state index contributed by atoms with van der Waals surface area (Å²) in [5, 5.41) is 0.723. The van der Waals surface area contributed by atoms with Gasteiger partial charge >= 0.3 is 0 Å². The smallest absolute Gasteiger partial charge is 0.164 e. The molecule has 0 saturated carbocycles. The third-order valence-corrected chi connectivity index (χ3v) is 9.50. The number of hydrogen-bond donors (Lipinski definition) is 0. The minimum absolute atomic E-state index is 0.0637. The van der Waals surface area contributed by atoms with Gasteiger partial charge in [-0.2, -0.15) is 0 Å². The Morgan fingerprint density at radius 3 is 1.76 bits per heavy atom. The lowest BCUT2D eigenvalue weighted by molar-refractivity contribution is 1.07. The summed E-state index contributed by atoms with van der Waals surface area (Å²) in [6.07, 6.45) is 0. The van der Waals surface area contributed by atoms with Gasteiger partial charge in [-0.25, -0.2) is 15.0 Å². The van der Waals surface area contributed by atoms with E-state index in [0.717, 1.165) is 44.7 Å². The topological polar surface area (TPSA) is 38.7 Å². The van der Waals surface area contributed by atoms with Crippen molar-refractivity contribution in [2.24, 2.45) is 0 Å². The van der Waals surface area contributed by atoms with Crippen LogP contribution in [0, 0.1) is 0 Å². The van der Waals surface area contributed by atoms with E-state index in [4.69, 9.17) is 19.1 Å². The largest absolute Gasteiger partial charge is 0.208 e. The maximum absolute atomic E-state index is 9.63. The van der Waals surface area contributed by atoms with Crippen molar-refractivity contribution in [3.05, 3.63) is 176 Å². The zero-order chi connectivity index (χ0) is 37.8. The van der Waals surface area contributed by atoms with E-state index in [0.29, 0.717) is 42.9 Å². The maximum Gasteiger partial charge on any atom is 0.164 e. The molecule has 0 radical (unpaired) electrons. The molecule has 2 heterocycles. The first kappa shape index (κ1) is 23.2. The van der Waals surface area contributed by atoms with Crippen LogP contribution in [0.5, 0.6) is 0 Å². The summed E-state index contributed by atoms with van der Waals surface area (Å²) >= 11 is 1.13.